The van der Waals surface area contributed by atoms with Gasteiger partial charge in [-0.2, -0.15) is 5.10 Å². The van der Waals surface area contributed by atoms with Gasteiger partial charge in [0.25, 0.3) is 0 Å². The van der Waals surface area contributed by atoms with Crippen molar-refractivity contribution in [1.29, 1.82) is 0 Å². The molecular weight excluding hydrogens is 182 g/mol. The van der Waals surface area contributed by atoms with Gasteiger partial charge in [-0.3, -0.25) is 4.57 Å². The van der Waals surface area contributed by atoms with Crippen LogP contribution in [0.5, 0.6) is 0 Å². The summed E-state index contributed by atoms with van der Waals surface area (Å²) in [5, 5.41) is 13.1. The smallest absolute Gasteiger partial charge is 0.346 e. The van der Waals surface area contributed by atoms with Crippen LogP contribution in [0, 0.1) is 0 Å². The maximum absolute atomic E-state index is 11.8. The number of aliphatic hydroxyl groups is 1. The van der Waals surface area contributed by atoms with Gasteiger partial charge in [0.2, 0.25) is 0 Å². The molecule has 5 nitrogen and oxygen atoms in total. The predicted octanol–water partition coefficient (Wildman–Crippen LogP) is 0.312. The average Bonchev–Trinajstić information content (AvgIpc) is 2.40. The van der Waals surface area contributed by atoms with Gasteiger partial charge in [-0.05, 0) is 27.7 Å². The Morgan fingerprint density at radius 1 is 1.43 bits per heavy atom. The van der Waals surface area contributed by atoms with Crippen LogP contribution in [0.3, 0.4) is 0 Å². The van der Waals surface area contributed by atoms with Crippen molar-refractivity contribution in [2.24, 2.45) is 0 Å². The van der Waals surface area contributed by atoms with E-state index >= 15 is 0 Å². The van der Waals surface area contributed by atoms with E-state index in [0.29, 0.717) is 12.4 Å². The lowest BCUT2D eigenvalue weighted by Gasteiger charge is -2.16. The summed E-state index contributed by atoms with van der Waals surface area (Å²) in [5.74, 6) is 0.424. The minimum absolute atomic E-state index is 0.163. The van der Waals surface area contributed by atoms with Crippen LogP contribution in [0.15, 0.2) is 4.79 Å². The van der Waals surface area contributed by atoms with E-state index in [1.54, 1.807) is 0 Å². The number of hydrogen-bond donors (Lipinski definition) is 1. The van der Waals surface area contributed by atoms with Gasteiger partial charge >= 0.3 is 5.69 Å². The van der Waals surface area contributed by atoms with Crippen molar-refractivity contribution < 1.29 is 5.11 Å². The third-order valence-corrected chi connectivity index (χ3v) is 2.03. The molecule has 0 aliphatic rings. The third kappa shape index (κ3) is 1.72. The molecule has 0 unspecified atom stereocenters. The molecule has 0 bridgehead atoms. The van der Waals surface area contributed by atoms with Crippen molar-refractivity contribution in [3.8, 4) is 0 Å². The Labute approximate surface area is 83.0 Å². The molecule has 80 valence electrons. The summed E-state index contributed by atoms with van der Waals surface area (Å²) in [7, 11) is 0. The van der Waals surface area contributed by atoms with Crippen molar-refractivity contribution in [2.75, 3.05) is 0 Å². The summed E-state index contributed by atoms with van der Waals surface area (Å²) in [6, 6.07) is 0. The van der Waals surface area contributed by atoms with Crippen LogP contribution in [0.1, 0.15) is 33.5 Å². The molecule has 1 aromatic rings. The minimum Gasteiger partial charge on any atom is -0.388 e. The lowest BCUT2D eigenvalue weighted by Crippen LogP contribution is -2.35. The fourth-order valence-electron chi connectivity index (χ4n) is 1.31. The molecule has 0 atom stereocenters. The standard InChI is InChI=1S/C9H17N3O2/c1-5-11-7(6-13)10-12(8(11)14)9(2,3)4/h13H,5-6H2,1-4H3. The fourth-order valence-corrected chi connectivity index (χ4v) is 1.31. The second kappa shape index (κ2) is 3.57. The van der Waals surface area contributed by atoms with Crippen LogP contribution in [0.4, 0.5) is 0 Å². The predicted molar refractivity (Wildman–Crippen MR) is 53.1 cm³/mol. The topological polar surface area (TPSA) is 60.0 Å². The summed E-state index contributed by atoms with van der Waals surface area (Å²) < 4.78 is 2.88. The van der Waals surface area contributed by atoms with Crippen LogP contribution < -0.4 is 5.69 Å². The highest BCUT2D eigenvalue weighted by molar-refractivity contribution is 4.88. The van der Waals surface area contributed by atoms with Crippen LogP contribution in [-0.4, -0.2) is 19.5 Å². The highest BCUT2D eigenvalue weighted by atomic mass is 16.3. The lowest BCUT2D eigenvalue weighted by molar-refractivity contribution is 0.261. The van der Waals surface area contributed by atoms with E-state index in [1.807, 2.05) is 27.7 Å². The van der Waals surface area contributed by atoms with E-state index < -0.39 is 0 Å². The van der Waals surface area contributed by atoms with Gasteiger partial charge in [0.1, 0.15) is 6.61 Å². The zero-order valence-electron chi connectivity index (χ0n) is 9.11. The molecule has 0 amide bonds. The molecule has 1 aromatic heterocycles. The van der Waals surface area contributed by atoms with E-state index in [1.165, 1.54) is 9.25 Å². The molecule has 14 heavy (non-hydrogen) atoms. The highest BCUT2D eigenvalue weighted by Crippen LogP contribution is 2.09. The van der Waals surface area contributed by atoms with Crippen LogP contribution in [0.2, 0.25) is 0 Å². The SMILES string of the molecule is CCn1c(CO)nn(C(C)(C)C)c1=O. The van der Waals surface area contributed by atoms with Crippen LogP contribution >= 0.6 is 0 Å². The van der Waals surface area contributed by atoms with Crippen LogP contribution in [0.25, 0.3) is 0 Å². The summed E-state index contributed by atoms with van der Waals surface area (Å²) in [4.78, 5) is 11.8. The third-order valence-electron chi connectivity index (χ3n) is 2.03. The van der Waals surface area contributed by atoms with Gasteiger partial charge in [0.15, 0.2) is 5.82 Å². The van der Waals surface area contributed by atoms with E-state index in [0.717, 1.165) is 0 Å². The fraction of sp³-hybridized carbons (Fsp3) is 0.778. The Kier molecular flexibility index (Phi) is 2.80. The largest absolute Gasteiger partial charge is 0.388 e. The molecule has 0 radical (unpaired) electrons. The number of aliphatic hydroxyl groups excluding tert-OH is 1. The molecule has 0 aliphatic carbocycles. The van der Waals surface area contributed by atoms with Crippen molar-refractivity contribution in [3.05, 3.63) is 16.3 Å². The van der Waals surface area contributed by atoms with Gasteiger partial charge < -0.3 is 5.11 Å². The molecule has 0 aliphatic heterocycles. The van der Waals surface area contributed by atoms with Crippen molar-refractivity contribution in [2.45, 2.75) is 46.4 Å². The molecule has 0 spiro atoms. The highest BCUT2D eigenvalue weighted by Gasteiger charge is 2.21. The molecule has 5 heteroatoms. The Morgan fingerprint density at radius 3 is 2.29 bits per heavy atom. The van der Waals surface area contributed by atoms with Gasteiger partial charge in [-0.25, -0.2) is 9.48 Å². The number of nitrogens with zero attached hydrogens (tertiary/aromatic N) is 3. The minimum atomic E-state index is -0.346. The summed E-state index contributed by atoms with van der Waals surface area (Å²) in [6.45, 7) is 7.90. The summed E-state index contributed by atoms with van der Waals surface area (Å²) >= 11 is 0. The Balaban J connectivity index is 3.36. The first-order valence-electron chi connectivity index (χ1n) is 4.72. The molecule has 0 saturated heterocycles. The second-order valence-electron chi connectivity index (χ2n) is 4.18. The summed E-state index contributed by atoms with van der Waals surface area (Å²) in [5.41, 5.74) is -0.509. The Morgan fingerprint density at radius 2 is 2.00 bits per heavy atom. The van der Waals surface area contributed by atoms with E-state index in [-0.39, 0.29) is 17.8 Å². The molecule has 1 heterocycles. The van der Waals surface area contributed by atoms with Gasteiger partial charge in [0.05, 0.1) is 5.54 Å². The van der Waals surface area contributed by atoms with Crippen molar-refractivity contribution >= 4 is 0 Å². The zero-order valence-corrected chi connectivity index (χ0v) is 9.11. The average molecular weight is 199 g/mol. The summed E-state index contributed by atoms with van der Waals surface area (Å²) in [6.07, 6.45) is 0. The quantitative estimate of drug-likeness (QED) is 0.745. The molecule has 0 aromatic carbocycles. The van der Waals surface area contributed by atoms with E-state index in [4.69, 9.17) is 5.11 Å². The molecule has 1 rings (SSSR count). The zero-order chi connectivity index (χ0) is 10.9. The van der Waals surface area contributed by atoms with Gasteiger partial charge in [-0.1, -0.05) is 0 Å². The molecule has 0 fully saturated rings. The van der Waals surface area contributed by atoms with Gasteiger partial charge in [0, 0.05) is 6.54 Å². The number of aromatic nitrogens is 3. The first kappa shape index (κ1) is 11.0. The number of hydrogen-bond acceptors (Lipinski definition) is 3. The Hall–Kier alpha value is -1.10. The maximum Gasteiger partial charge on any atom is 0.346 e. The molecule has 1 N–H and O–H groups in total. The monoisotopic (exact) mass is 199 g/mol. The maximum atomic E-state index is 11.8. The lowest BCUT2D eigenvalue weighted by atomic mass is 10.1. The van der Waals surface area contributed by atoms with Gasteiger partial charge in [-0.15, -0.1) is 0 Å². The normalized spacial score (nSPS) is 12.1. The van der Waals surface area contributed by atoms with E-state index in [2.05, 4.69) is 5.10 Å². The molecule has 0 saturated carbocycles. The van der Waals surface area contributed by atoms with E-state index in [9.17, 15) is 4.79 Å². The van der Waals surface area contributed by atoms with Crippen molar-refractivity contribution in [1.82, 2.24) is 14.3 Å². The first-order valence-corrected chi connectivity index (χ1v) is 4.72. The first-order chi connectivity index (χ1) is 6.41. The second-order valence-corrected chi connectivity index (χ2v) is 4.18. The van der Waals surface area contributed by atoms with Crippen molar-refractivity contribution in [3.63, 3.8) is 0 Å². The van der Waals surface area contributed by atoms with Crippen LogP contribution in [-0.2, 0) is 18.7 Å². The Bertz CT molecular complexity index is 370. The molecular formula is C9H17N3O2. The number of rotatable bonds is 2.